The van der Waals surface area contributed by atoms with Crippen molar-refractivity contribution in [2.75, 3.05) is 19.7 Å². The predicted molar refractivity (Wildman–Crippen MR) is 58.9 cm³/mol. The number of morpholine rings is 1. The van der Waals surface area contributed by atoms with E-state index in [1.54, 1.807) is 0 Å². The normalized spacial score (nSPS) is 28.2. The Labute approximate surface area is 104 Å². The Morgan fingerprint density at radius 3 is 3.28 bits per heavy atom. The standard InChI is InChI=1S/C11H15N3O4/c15-10(16)4-9-12-11(13-18-9)8-5-14-3-1-2-7(14)6-17-8/h7-8H,1-6H2,(H,15,16). The van der Waals surface area contributed by atoms with Crippen molar-refractivity contribution in [2.45, 2.75) is 31.4 Å². The van der Waals surface area contributed by atoms with Gasteiger partial charge in [0.05, 0.1) is 6.61 Å². The minimum atomic E-state index is -0.977. The van der Waals surface area contributed by atoms with Gasteiger partial charge in [-0.25, -0.2) is 0 Å². The lowest BCUT2D eigenvalue weighted by Crippen LogP contribution is -2.42. The summed E-state index contributed by atoms with van der Waals surface area (Å²) in [4.78, 5) is 17.0. The number of aliphatic carboxylic acids is 1. The fourth-order valence-electron chi connectivity index (χ4n) is 2.57. The molecule has 98 valence electrons. The highest BCUT2D eigenvalue weighted by atomic mass is 16.5. The zero-order valence-corrected chi connectivity index (χ0v) is 9.91. The first-order chi connectivity index (χ1) is 8.72. The maximum absolute atomic E-state index is 10.5. The van der Waals surface area contributed by atoms with Crippen LogP contribution in [0.3, 0.4) is 0 Å². The van der Waals surface area contributed by atoms with Crippen molar-refractivity contribution < 1.29 is 19.2 Å². The summed E-state index contributed by atoms with van der Waals surface area (Å²) in [5, 5.41) is 12.4. The van der Waals surface area contributed by atoms with Crippen LogP contribution in [0, 0.1) is 0 Å². The second-order valence-electron chi connectivity index (χ2n) is 4.73. The number of nitrogens with zero attached hydrogens (tertiary/aromatic N) is 3. The molecule has 1 aromatic heterocycles. The maximum atomic E-state index is 10.5. The third-order valence-electron chi connectivity index (χ3n) is 3.46. The first kappa shape index (κ1) is 11.6. The summed E-state index contributed by atoms with van der Waals surface area (Å²) in [5.41, 5.74) is 0. The van der Waals surface area contributed by atoms with Crippen LogP contribution in [-0.4, -0.2) is 51.9 Å². The molecule has 0 radical (unpaired) electrons. The SMILES string of the molecule is O=C(O)Cc1nc(C2CN3CCCC3CO2)no1. The minimum Gasteiger partial charge on any atom is -0.481 e. The largest absolute Gasteiger partial charge is 0.481 e. The Morgan fingerprint density at radius 2 is 2.44 bits per heavy atom. The van der Waals surface area contributed by atoms with E-state index in [9.17, 15) is 4.79 Å². The molecule has 2 fully saturated rings. The van der Waals surface area contributed by atoms with E-state index in [1.165, 1.54) is 12.8 Å². The van der Waals surface area contributed by atoms with Gasteiger partial charge in [0.1, 0.15) is 12.5 Å². The van der Waals surface area contributed by atoms with Gasteiger partial charge in [-0.15, -0.1) is 0 Å². The van der Waals surface area contributed by atoms with Gasteiger partial charge in [0.15, 0.2) is 0 Å². The number of carboxylic acids is 1. The summed E-state index contributed by atoms with van der Waals surface area (Å²) in [6.07, 6.45) is 1.94. The molecule has 0 amide bonds. The number of hydrogen-bond donors (Lipinski definition) is 1. The summed E-state index contributed by atoms with van der Waals surface area (Å²) in [6, 6.07) is 0.520. The molecular formula is C11H15N3O4. The van der Waals surface area contributed by atoms with Crippen LogP contribution in [0.15, 0.2) is 4.52 Å². The molecule has 2 aliphatic rings. The van der Waals surface area contributed by atoms with Gasteiger partial charge in [-0.2, -0.15) is 4.98 Å². The van der Waals surface area contributed by atoms with Gasteiger partial charge >= 0.3 is 5.97 Å². The second kappa shape index (κ2) is 4.66. The average molecular weight is 253 g/mol. The Hall–Kier alpha value is -1.47. The summed E-state index contributed by atoms with van der Waals surface area (Å²) in [5.74, 6) is -0.393. The first-order valence-corrected chi connectivity index (χ1v) is 6.12. The van der Waals surface area contributed by atoms with Gasteiger partial charge < -0.3 is 14.4 Å². The Kier molecular flexibility index (Phi) is 3.00. The van der Waals surface area contributed by atoms with Gasteiger partial charge in [-0.05, 0) is 19.4 Å². The van der Waals surface area contributed by atoms with E-state index in [2.05, 4.69) is 15.0 Å². The number of hydrogen-bond acceptors (Lipinski definition) is 6. The molecule has 2 atom stereocenters. The van der Waals surface area contributed by atoms with Crippen LogP contribution in [0.2, 0.25) is 0 Å². The molecular weight excluding hydrogens is 238 g/mol. The van der Waals surface area contributed by atoms with Crippen LogP contribution < -0.4 is 0 Å². The van der Waals surface area contributed by atoms with Crippen molar-refractivity contribution in [3.05, 3.63) is 11.7 Å². The second-order valence-corrected chi connectivity index (χ2v) is 4.73. The Balaban J connectivity index is 1.67. The van der Waals surface area contributed by atoms with E-state index < -0.39 is 5.97 Å². The van der Waals surface area contributed by atoms with E-state index in [0.717, 1.165) is 13.1 Å². The van der Waals surface area contributed by atoms with Gasteiger partial charge in [0.2, 0.25) is 11.7 Å². The lowest BCUT2D eigenvalue weighted by molar-refractivity contribution is -0.136. The summed E-state index contributed by atoms with van der Waals surface area (Å²) >= 11 is 0. The molecule has 2 saturated heterocycles. The van der Waals surface area contributed by atoms with Crippen molar-refractivity contribution in [3.63, 3.8) is 0 Å². The van der Waals surface area contributed by atoms with E-state index >= 15 is 0 Å². The van der Waals surface area contributed by atoms with Crippen molar-refractivity contribution in [1.29, 1.82) is 0 Å². The van der Waals surface area contributed by atoms with Crippen LogP contribution in [0.25, 0.3) is 0 Å². The van der Waals surface area contributed by atoms with Gasteiger partial charge in [0.25, 0.3) is 0 Å². The summed E-state index contributed by atoms with van der Waals surface area (Å²) in [6.45, 7) is 2.54. The van der Waals surface area contributed by atoms with Crippen molar-refractivity contribution in [1.82, 2.24) is 15.0 Å². The summed E-state index contributed by atoms with van der Waals surface area (Å²) < 4.78 is 10.6. The fourth-order valence-corrected chi connectivity index (χ4v) is 2.57. The maximum Gasteiger partial charge on any atom is 0.312 e. The topological polar surface area (TPSA) is 88.7 Å². The van der Waals surface area contributed by atoms with Crippen LogP contribution >= 0.6 is 0 Å². The number of fused-ring (bicyclic) bond motifs is 1. The molecule has 0 saturated carbocycles. The quantitative estimate of drug-likeness (QED) is 0.824. The number of carbonyl (C=O) groups is 1. The van der Waals surface area contributed by atoms with Crippen molar-refractivity contribution in [3.8, 4) is 0 Å². The zero-order valence-electron chi connectivity index (χ0n) is 9.91. The van der Waals surface area contributed by atoms with E-state index in [4.69, 9.17) is 14.4 Å². The van der Waals surface area contributed by atoms with Crippen LogP contribution in [0.4, 0.5) is 0 Å². The first-order valence-electron chi connectivity index (χ1n) is 6.12. The van der Waals surface area contributed by atoms with Crippen LogP contribution in [-0.2, 0) is 16.0 Å². The fraction of sp³-hybridized carbons (Fsp3) is 0.727. The molecule has 1 N–H and O–H groups in total. The van der Waals surface area contributed by atoms with Gasteiger partial charge in [0, 0.05) is 12.6 Å². The summed E-state index contributed by atoms with van der Waals surface area (Å²) in [7, 11) is 0. The molecule has 18 heavy (non-hydrogen) atoms. The molecule has 1 aromatic rings. The molecule has 2 aliphatic heterocycles. The minimum absolute atomic E-state index is 0.129. The molecule has 0 aromatic carbocycles. The van der Waals surface area contributed by atoms with E-state index in [-0.39, 0.29) is 18.4 Å². The lowest BCUT2D eigenvalue weighted by atomic mass is 10.2. The van der Waals surface area contributed by atoms with E-state index in [1.807, 2.05) is 0 Å². The van der Waals surface area contributed by atoms with Crippen molar-refractivity contribution >= 4 is 5.97 Å². The van der Waals surface area contributed by atoms with Crippen molar-refractivity contribution in [2.24, 2.45) is 0 Å². The molecule has 7 nitrogen and oxygen atoms in total. The number of ether oxygens (including phenoxy) is 1. The molecule has 2 unspecified atom stereocenters. The molecule has 7 heteroatoms. The lowest BCUT2D eigenvalue weighted by Gasteiger charge is -2.33. The molecule has 3 heterocycles. The number of aromatic nitrogens is 2. The molecule has 3 rings (SSSR count). The molecule has 0 aliphatic carbocycles. The average Bonchev–Trinajstić information content (AvgIpc) is 2.95. The molecule has 0 spiro atoms. The highest BCUT2D eigenvalue weighted by Crippen LogP contribution is 2.28. The molecule has 0 bridgehead atoms. The monoisotopic (exact) mass is 253 g/mol. The Bertz CT molecular complexity index is 447. The third-order valence-corrected chi connectivity index (χ3v) is 3.46. The zero-order chi connectivity index (χ0) is 12.5. The smallest absolute Gasteiger partial charge is 0.312 e. The van der Waals surface area contributed by atoms with Crippen LogP contribution in [0.1, 0.15) is 30.7 Å². The highest BCUT2D eigenvalue weighted by molar-refractivity contribution is 5.68. The van der Waals surface area contributed by atoms with Gasteiger partial charge in [-0.1, -0.05) is 5.16 Å². The predicted octanol–water partition coefficient (Wildman–Crippen LogP) is 0.232. The third kappa shape index (κ3) is 2.23. The Morgan fingerprint density at radius 1 is 1.56 bits per heavy atom. The van der Waals surface area contributed by atoms with Crippen LogP contribution in [0.5, 0.6) is 0 Å². The van der Waals surface area contributed by atoms with E-state index in [0.29, 0.717) is 18.5 Å². The number of rotatable bonds is 3. The van der Waals surface area contributed by atoms with Gasteiger partial charge in [-0.3, -0.25) is 9.69 Å². The highest BCUT2D eigenvalue weighted by Gasteiger charge is 2.34. The number of carboxylic acid groups (broad SMARTS) is 1.